The van der Waals surface area contributed by atoms with E-state index in [2.05, 4.69) is 0 Å². The number of hydrazine groups is 1. The van der Waals surface area contributed by atoms with Gasteiger partial charge in [0.2, 0.25) is 0 Å². The van der Waals surface area contributed by atoms with Gasteiger partial charge >= 0.3 is 0 Å². The molecule has 8 rings (SSSR count). The molecule has 0 aliphatic carbocycles. The van der Waals surface area contributed by atoms with Crippen LogP contribution in [0.5, 0.6) is 0 Å². The highest BCUT2D eigenvalue weighted by atomic mass is 16.6. The highest BCUT2D eigenvalue weighted by Gasteiger charge is 2.61. The largest absolute Gasteiger partial charge is 0.393 e. The summed E-state index contributed by atoms with van der Waals surface area (Å²) in [6.45, 7) is 1.26. The second-order valence-electron chi connectivity index (χ2n) is 9.87. The first-order chi connectivity index (χ1) is 16.8. The van der Waals surface area contributed by atoms with Gasteiger partial charge in [-0.2, -0.15) is 0 Å². The minimum atomic E-state index is -1.60. The molecule has 3 atom stereocenters. The third-order valence-corrected chi connectivity index (χ3v) is 8.34. The molecule has 0 saturated carbocycles. The lowest BCUT2D eigenvalue weighted by Crippen LogP contribution is -2.53. The zero-order chi connectivity index (χ0) is 24.0. The second-order valence-corrected chi connectivity index (χ2v) is 9.87. The van der Waals surface area contributed by atoms with E-state index in [-0.39, 0.29) is 17.5 Å². The Bertz CT molecular complexity index is 1850. The Labute approximate surface area is 197 Å². The van der Waals surface area contributed by atoms with E-state index >= 15 is 0 Å². The average Bonchev–Trinajstić information content (AvgIpc) is 3.50. The number of hydrogen-bond donors (Lipinski definition) is 3. The maximum Gasteiger partial charge on any atom is 0.276 e. The number of aliphatic hydroxyl groups excluding tert-OH is 1. The van der Waals surface area contributed by atoms with Crippen LogP contribution < -0.4 is 5.84 Å². The molecule has 35 heavy (non-hydrogen) atoms. The van der Waals surface area contributed by atoms with Crippen molar-refractivity contribution < 1.29 is 24.5 Å². The number of carbonyl (C=O) groups excluding carboxylic acids is 2. The van der Waals surface area contributed by atoms with E-state index in [0.717, 1.165) is 27.3 Å². The minimum absolute atomic E-state index is 0.147. The Morgan fingerprint density at radius 2 is 1.54 bits per heavy atom. The summed E-state index contributed by atoms with van der Waals surface area (Å²) in [5.41, 5.74) is 0.558. The van der Waals surface area contributed by atoms with Crippen molar-refractivity contribution in [2.24, 2.45) is 5.84 Å². The van der Waals surface area contributed by atoms with Crippen molar-refractivity contribution >= 4 is 55.4 Å². The van der Waals surface area contributed by atoms with Gasteiger partial charge < -0.3 is 24.1 Å². The van der Waals surface area contributed by atoms with Crippen LogP contribution in [0.4, 0.5) is 0 Å². The van der Waals surface area contributed by atoms with E-state index < -0.39 is 36.0 Å². The molecule has 4 N–H and O–H groups in total. The maximum atomic E-state index is 13.4. The third-order valence-electron chi connectivity index (χ3n) is 8.34. The van der Waals surface area contributed by atoms with Gasteiger partial charge in [-0.15, -0.1) is 0 Å². The van der Waals surface area contributed by atoms with Crippen molar-refractivity contribution in [3.8, 4) is 0 Å². The molecule has 3 aliphatic rings. The number of ether oxygens (including phenoxy) is 1. The SMILES string of the molecule is C[C@]12O[C@H](C[C@]1(O)CO)n1c3ccccc3c3c4c(c5c6ccccc6n2c5c31)C(=O)N(N)C4=O. The normalized spacial score (nSPS) is 27.3. The van der Waals surface area contributed by atoms with Gasteiger partial charge in [0.1, 0.15) is 11.8 Å². The smallest absolute Gasteiger partial charge is 0.276 e. The summed E-state index contributed by atoms with van der Waals surface area (Å²) in [6.07, 6.45) is -0.463. The van der Waals surface area contributed by atoms with Crippen molar-refractivity contribution in [2.75, 3.05) is 6.61 Å². The second kappa shape index (κ2) is 5.72. The van der Waals surface area contributed by atoms with Gasteiger partial charge in [0.25, 0.3) is 11.8 Å². The number of benzene rings is 3. The summed E-state index contributed by atoms with van der Waals surface area (Å²) in [5.74, 6) is 4.88. The molecule has 174 valence electrons. The van der Waals surface area contributed by atoms with E-state index in [1.54, 1.807) is 6.92 Å². The number of rotatable bonds is 1. The Hall–Kier alpha value is -3.76. The molecule has 0 unspecified atom stereocenters. The molecule has 1 saturated heterocycles. The zero-order valence-corrected chi connectivity index (χ0v) is 18.6. The number of nitrogens with zero attached hydrogens (tertiary/aromatic N) is 3. The Morgan fingerprint density at radius 1 is 0.971 bits per heavy atom. The molecule has 0 radical (unpaired) electrons. The fraction of sp³-hybridized carbons (Fsp3) is 0.231. The first kappa shape index (κ1) is 19.5. The standard InChI is InChI=1S/C26H20N4O5/c1-25-26(34,11-31)10-16(35-25)28-14-8-4-2-6-12(14)17-19-20(24(33)30(27)23(19)32)18-13-7-3-5-9-15(13)29(25)22(18)21(17)28/h2-9,16,31,34H,10-11,27H2,1H3/t16-,25+,26+/m1/s1. The fourth-order valence-electron chi connectivity index (χ4n) is 6.73. The molecular formula is C26H20N4O5. The van der Waals surface area contributed by atoms with Crippen LogP contribution in [0.25, 0.3) is 43.6 Å². The topological polar surface area (TPSA) is 123 Å². The summed E-state index contributed by atoms with van der Waals surface area (Å²) < 4.78 is 10.5. The van der Waals surface area contributed by atoms with Gasteiger partial charge in [0.05, 0.1) is 39.8 Å². The van der Waals surface area contributed by atoms with E-state index in [1.165, 1.54) is 0 Å². The molecule has 2 bridgehead atoms. The number of aromatic nitrogens is 2. The number of fused-ring (bicyclic) bond motifs is 13. The van der Waals surface area contributed by atoms with Crippen LogP contribution in [0.15, 0.2) is 48.5 Å². The predicted molar refractivity (Wildman–Crippen MR) is 128 cm³/mol. The van der Waals surface area contributed by atoms with Crippen LogP contribution in [-0.2, 0) is 10.5 Å². The molecule has 2 aromatic heterocycles. The zero-order valence-electron chi connectivity index (χ0n) is 18.6. The van der Waals surface area contributed by atoms with Crippen LogP contribution >= 0.6 is 0 Å². The lowest BCUT2D eigenvalue weighted by Gasteiger charge is -2.38. The molecule has 9 nitrogen and oxygen atoms in total. The van der Waals surface area contributed by atoms with Crippen molar-refractivity contribution in [1.29, 1.82) is 0 Å². The molecule has 3 aromatic carbocycles. The number of carbonyl (C=O) groups is 2. The summed E-state index contributed by atoms with van der Waals surface area (Å²) in [6, 6.07) is 15.2. The lowest BCUT2D eigenvalue weighted by molar-refractivity contribution is -0.189. The van der Waals surface area contributed by atoms with E-state index in [0.29, 0.717) is 21.3 Å². The first-order valence-electron chi connectivity index (χ1n) is 11.5. The Kier molecular flexibility index (Phi) is 3.19. The molecule has 1 fully saturated rings. The van der Waals surface area contributed by atoms with Crippen molar-refractivity contribution in [2.45, 2.75) is 30.9 Å². The van der Waals surface area contributed by atoms with Gasteiger partial charge in [-0.1, -0.05) is 36.4 Å². The van der Waals surface area contributed by atoms with Crippen molar-refractivity contribution in [3.63, 3.8) is 0 Å². The summed E-state index contributed by atoms with van der Waals surface area (Å²) in [5, 5.41) is 25.6. The molecular weight excluding hydrogens is 448 g/mol. The number of nitrogens with two attached hydrogens (primary N) is 1. The predicted octanol–water partition coefficient (Wildman–Crippen LogP) is 2.70. The van der Waals surface area contributed by atoms with Gasteiger partial charge in [-0.3, -0.25) is 9.59 Å². The van der Waals surface area contributed by atoms with E-state index in [4.69, 9.17) is 10.6 Å². The van der Waals surface area contributed by atoms with Gasteiger partial charge in [-0.05, 0) is 19.1 Å². The number of imide groups is 1. The van der Waals surface area contributed by atoms with Crippen LogP contribution in [0.3, 0.4) is 0 Å². The summed E-state index contributed by atoms with van der Waals surface area (Å²) in [7, 11) is 0. The average molecular weight is 468 g/mol. The Morgan fingerprint density at radius 3 is 2.20 bits per heavy atom. The van der Waals surface area contributed by atoms with Gasteiger partial charge in [0.15, 0.2) is 5.72 Å². The summed E-state index contributed by atoms with van der Waals surface area (Å²) in [4.78, 5) is 26.8. The summed E-state index contributed by atoms with van der Waals surface area (Å²) >= 11 is 0. The minimum Gasteiger partial charge on any atom is -0.393 e. The molecule has 3 aliphatic heterocycles. The number of para-hydroxylation sites is 2. The quantitative estimate of drug-likeness (QED) is 0.198. The van der Waals surface area contributed by atoms with Gasteiger partial charge in [-0.25, -0.2) is 10.9 Å². The number of aliphatic hydroxyl groups is 2. The van der Waals surface area contributed by atoms with Crippen LogP contribution in [0.2, 0.25) is 0 Å². The third kappa shape index (κ3) is 1.85. The van der Waals surface area contributed by atoms with Crippen LogP contribution in [0.1, 0.15) is 40.3 Å². The molecule has 9 heteroatoms. The van der Waals surface area contributed by atoms with E-state index in [9.17, 15) is 19.8 Å². The number of hydrogen-bond acceptors (Lipinski definition) is 6. The molecule has 0 spiro atoms. The van der Waals surface area contributed by atoms with E-state index in [1.807, 2.05) is 57.7 Å². The van der Waals surface area contributed by atoms with Gasteiger partial charge in [0, 0.05) is 28.0 Å². The van der Waals surface area contributed by atoms with Crippen LogP contribution in [0, 0.1) is 0 Å². The number of amides is 2. The highest BCUT2D eigenvalue weighted by molar-refractivity contribution is 6.39. The monoisotopic (exact) mass is 468 g/mol. The van der Waals surface area contributed by atoms with Crippen LogP contribution in [-0.4, -0.2) is 48.4 Å². The lowest BCUT2D eigenvalue weighted by atomic mass is 9.89. The van der Waals surface area contributed by atoms with Crippen molar-refractivity contribution in [3.05, 3.63) is 59.7 Å². The fourth-order valence-corrected chi connectivity index (χ4v) is 6.73. The highest BCUT2D eigenvalue weighted by Crippen LogP contribution is 2.57. The maximum absolute atomic E-state index is 13.4. The first-order valence-corrected chi connectivity index (χ1v) is 11.5. The molecule has 2 amide bonds. The molecule has 5 aromatic rings. The molecule has 5 heterocycles. The Balaban J connectivity index is 1.78. The van der Waals surface area contributed by atoms with Crippen molar-refractivity contribution in [1.82, 2.24) is 14.1 Å².